The summed E-state index contributed by atoms with van der Waals surface area (Å²) in [6, 6.07) is 5.84. The molecule has 1 atom stereocenters. The van der Waals surface area contributed by atoms with Crippen molar-refractivity contribution in [2.24, 2.45) is 5.16 Å². The predicted octanol–water partition coefficient (Wildman–Crippen LogP) is 2.06. The van der Waals surface area contributed by atoms with E-state index in [2.05, 4.69) is 15.3 Å². The highest BCUT2D eigenvalue weighted by molar-refractivity contribution is 5.90. The van der Waals surface area contributed by atoms with Crippen molar-refractivity contribution in [2.75, 3.05) is 25.2 Å². The Labute approximate surface area is 155 Å². The van der Waals surface area contributed by atoms with E-state index in [0.29, 0.717) is 11.4 Å². The first-order valence-electron chi connectivity index (χ1n) is 8.24. The highest BCUT2D eigenvalue weighted by atomic mass is 19.1. The Morgan fingerprint density at radius 3 is 3.00 bits per heavy atom. The fourth-order valence-electron chi connectivity index (χ4n) is 2.80. The number of cyclic esters (lactones) is 1. The molecule has 2 aromatic rings. The lowest BCUT2D eigenvalue weighted by atomic mass is 10.2. The first-order chi connectivity index (χ1) is 13.0. The van der Waals surface area contributed by atoms with Gasteiger partial charge in [0.05, 0.1) is 23.6 Å². The van der Waals surface area contributed by atoms with E-state index in [1.165, 1.54) is 31.2 Å². The van der Waals surface area contributed by atoms with E-state index < -0.39 is 18.0 Å². The molecule has 1 aliphatic rings. The third-order valence-corrected chi connectivity index (χ3v) is 4.06. The lowest BCUT2D eigenvalue weighted by Gasteiger charge is -2.22. The van der Waals surface area contributed by atoms with Crippen molar-refractivity contribution in [3.8, 4) is 5.69 Å². The quantitative estimate of drug-likeness (QED) is 0.620. The molecule has 1 fully saturated rings. The van der Waals surface area contributed by atoms with Crippen LogP contribution in [0.5, 0.6) is 0 Å². The lowest BCUT2D eigenvalue weighted by molar-refractivity contribution is -0.119. The number of carbonyl (C=O) groups excluding carboxylic acids is 2. The number of nitrogens with zero attached hydrogens (tertiary/aromatic N) is 3. The topological polar surface area (TPSA) is 85.2 Å². The monoisotopic (exact) mass is 374 g/mol. The van der Waals surface area contributed by atoms with E-state index in [-0.39, 0.29) is 19.1 Å². The minimum atomic E-state index is -0.573. The van der Waals surface area contributed by atoms with Crippen molar-refractivity contribution in [1.29, 1.82) is 0 Å². The molecule has 0 aliphatic carbocycles. The second-order valence-corrected chi connectivity index (χ2v) is 5.94. The number of anilines is 1. The van der Waals surface area contributed by atoms with Crippen molar-refractivity contribution in [3.05, 3.63) is 48.0 Å². The molecular formula is C18H19FN4O4. The van der Waals surface area contributed by atoms with Gasteiger partial charge in [-0.3, -0.25) is 9.69 Å². The second kappa shape index (κ2) is 7.90. The van der Waals surface area contributed by atoms with Crippen LogP contribution in [0, 0.1) is 5.82 Å². The molecule has 1 aromatic carbocycles. The van der Waals surface area contributed by atoms with Crippen LogP contribution in [0.25, 0.3) is 5.69 Å². The maximum absolute atomic E-state index is 14.7. The number of halogens is 1. The van der Waals surface area contributed by atoms with E-state index in [1.807, 2.05) is 0 Å². The third kappa shape index (κ3) is 4.08. The van der Waals surface area contributed by atoms with E-state index in [4.69, 9.17) is 4.74 Å². The fourth-order valence-corrected chi connectivity index (χ4v) is 2.80. The molecule has 8 nitrogen and oxygen atoms in total. The summed E-state index contributed by atoms with van der Waals surface area (Å²) < 4.78 is 21.3. The summed E-state index contributed by atoms with van der Waals surface area (Å²) >= 11 is 0. The van der Waals surface area contributed by atoms with Crippen molar-refractivity contribution in [3.63, 3.8) is 0 Å². The number of nitrogens with one attached hydrogen (secondary N) is 1. The Bertz CT molecular complexity index is 880. The molecule has 1 aliphatic heterocycles. The van der Waals surface area contributed by atoms with E-state index in [9.17, 15) is 14.0 Å². The smallest absolute Gasteiger partial charge is 0.414 e. The lowest BCUT2D eigenvalue weighted by Crippen LogP contribution is -2.42. The van der Waals surface area contributed by atoms with Gasteiger partial charge in [-0.1, -0.05) is 5.16 Å². The molecule has 2 amide bonds. The van der Waals surface area contributed by atoms with Crippen molar-refractivity contribution in [1.82, 2.24) is 9.88 Å². The highest BCUT2D eigenvalue weighted by Crippen LogP contribution is 2.26. The Balaban J connectivity index is 1.83. The number of aromatic nitrogens is 1. The molecule has 142 valence electrons. The summed E-state index contributed by atoms with van der Waals surface area (Å²) in [5, 5.41) is 6.31. The fraction of sp³-hybridized carbons (Fsp3) is 0.278. The summed E-state index contributed by atoms with van der Waals surface area (Å²) in [7, 11) is 1.44. The number of benzene rings is 1. The van der Waals surface area contributed by atoms with Gasteiger partial charge in [-0.2, -0.15) is 0 Å². The number of amides is 2. The predicted molar refractivity (Wildman–Crippen MR) is 96.6 cm³/mol. The zero-order chi connectivity index (χ0) is 19.4. The normalized spacial score (nSPS) is 16.6. The number of rotatable bonds is 6. The maximum Gasteiger partial charge on any atom is 0.414 e. The Morgan fingerprint density at radius 2 is 2.30 bits per heavy atom. The van der Waals surface area contributed by atoms with E-state index in [1.54, 1.807) is 35.2 Å². The number of oxime groups is 1. The first-order valence-corrected chi connectivity index (χ1v) is 8.24. The van der Waals surface area contributed by atoms with E-state index >= 15 is 0 Å². The summed E-state index contributed by atoms with van der Waals surface area (Å²) in [4.78, 5) is 29.1. The highest BCUT2D eigenvalue weighted by Gasteiger charge is 2.34. The molecule has 0 unspecified atom stereocenters. The number of carbonyl (C=O) groups is 2. The zero-order valence-electron chi connectivity index (χ0n) is 14.9. The van der Waals surface area contributed by atoms with Crippen LogP contribution in [0.15, 0.2) is 41.8 Å². The van der Waals surface area contributed by atoms with Crippen molar-refractivity contribution in [2.45, 2.75) is 13.0 Å². The van der Waals surface area contributed by atoms with Gasteiger partial charge in [0.1, 0.15) is 19.5 Å². The molecule has 27 heavy (non-hydrogen) atoms. The van der Waals surface area contributed by atoms with Crippen molar-refractivity contribution < 1.29 is 23.6 Å². The minimum absolute atomic E-state index is 0.127. The van der Waals surface area contributed by atoms with Gasteiger partial charge in [-0.05, 0) is 24.3 Å². The van der Waals surface area contributed by atoms with Crippen LogP contribution in [0.2, 0.25) is 0 Å². The number of hydrogen-bond donors (Lipinski definition) is 1. The van der Waals surface area contributed by atoms with Gasteiger partial charge in [-0.25, -0.2) is 9.18 Å². The molecule has 1 saturated heterocycles. The van der Waals surface area contributed by atoms with Gasteiger partial charge in [0.2, 0.25) is 5.91 Å². The standard InChI is InChI=1S/C18H19FN4O4/c1-12(24)20-9-15-11-27-18(25)23(15)14-3-4-17(16(19)7-14)22-6-5-13(10-22)8-21-26-2/h3-8,10,15H,9,11H2,1-2H3,(H,20,24)/t15-/m0/s1. The SMILES string of the molecule is CON=Cc1ccn(-c2ccc(N3C(=O)OC[C@@H]3CNC(C)=O)cc2F)c1. The van der Waals surface area contributed by atoms with Gasteiger partial charge in [0.25, 0.3) is 0 Å². The second-order valence-electron chi connectivity index (χ2n) is 5.94. The van der Waals surface area contributed by atoms with Gasteiger partial charge < -0.3 is 19.5 Å². The summed E-state index contributed by atoms with van der Waals surface area (Å²) in [5.74, 6) is -0.715. The number of hydrogen-bond acceptors (Lipinski definition) is 5. The van der Waals surface area contributed by atoms with Crippen LogP contribution in [-0.2, 0) is 14.4 Å². The van der Waals surface area contributed by atoms with Gasteiger partial charge in [0, 0.05) is 31.4 Å². The average Bonchev–Trinajstić information content (AvgIpc) is 3.24. The zero-order valence-corrected chi connectivity index (χ0v) is 14.9. The van der Waals surface area contributed by atoms with Gasteiger partial charge in [0.15, 0.2) is 0 Å². The van der Waals surface area contributed by atoms with Crippen LogP contribution in [-0.4, -0.2) is 49.1 Å². The number of ether oxygens (including phenoxy) is 1. The van der Waals surface area contributed by atoms with Crippen LogP contribution in [0.3, 0.4) is 0 Å². The molecule has 2 heterocycles. The van der Waals surface area contributed by atoms with Crippen molar-refractivity contribution >= 4 is 23.9 Å². The molecule has 9 heteroatoms. The molecule has 1 N–H and O–H groups in total. The Morgan fingerprint density at radius 1 is 1.48 bits per heavy atom. The average molecular weight is 374 g/mol. The summed E-state index contributed by atoms with van der Waals surface area (Å²) in [6.45, 7) is 1.74. The molecule has 0 bridgehead atoms. The third-order valence-electron chi connectivity index (χ3n) is 4.06. The molecule has 0 saturated carbocycles. The molecular weight excluding hydrogens is 355 g/mol. The van der Waals surface area contributed by atoms with Crippen LogP contribution in [0.1, 0.15) is 12.5 Å². The Hall–Kier alpha value is -3.36. The van der Waals surface area contributed by atoms with E-state index in [0.717, 1.165) is 5.56 Å². The molecule has 0 radical (unpaired) electrons. The maximum atomic E-state index is 14.7. The summed E-state index contributed by atoms with van der Waals surface area (Å²) in [6.07, 6.45) is 4.33. The van der Waals surface area contributed by atoms with Crippen LogP contribution >= 0.6 is 0 Å². The van der Waals surface area contributed by atoms with Gasteiger partial charge >= 0.3 is 6.09 Å². The largest absolute Gasteiger partial charge is 0.447 e. The minimum Gasteiger partial charge on any atom is -0.447 e. The van der Waals surface area contributed by atoms with Gasteiger partial charge in [-0.15, -0.1) is 0 Å². The van der Waals surface area contributed by atoms with Crippen LogP contribution in [0.4, 0.5) is 14.9 Å². The van der Waals surface area contributed by atoms with Crippen LogP contribution < -0.4 is 10.2 Å². The molecule has 1 aromatic heterocycles. The summed E-state index contributed by atoms with van der Waals surface area (Å²) in [5.41, 5.74) is 1.43. The Kier molecular flexibility index (Phi) is 5.39. The first kappa shape index (κ1) is 18.4. The molecule has 3 rings (SSSR count). The molecule has 0 spiro atoms.